The highest BCUT2D eigenvalue weighted by Gasteiger charge is 2.31. The van der Waals surface area contributed by atoms with Crippen LogP contribution in [0.3, 0.4) is 0 Å². The number of carbonyl (C=O) groups is 5. The average Bonchev–Trinajstić information content (AvgIpc) is 3.41. The van der Waals surface area contributed by atoms with Crippen molar-refractivity contribution in [3.63, 3.8) is 0 Å². The molecule has 1 aliphatic rings. The van der Waals surface area contributed by atoms with Crippen LogP contribution in [0.4, 0.5) is 0 Å². The Kier molecular flexibility index (Phi) is 7.01. The molecule has 0 aliphatic carbocycles. The van der Waals surface area contributed by atoms with E-state index in [1.807, 2.05) is 0 Å². The third-order valence-corrected chi connectivity index (χ3v) is 5.63. The van der Waals surface area contributed by atoms with Gasteiger partial charge in [-0.25, -0.2) is 4.79 Å². The normalized spacial score (nSPS) is 11.4. The average molecular weight is 504 g/mol. The van der Waals surface area contributed by atoms with Gasteiger partial charge in [0.25, 0.3) is 0 Å². The molecule has 1 aliphatic heterocycles. The lowest BCUT2D eigenvalue weighted by Gasteiger charge is -2.11. The highest BCUT2D eigenvalue weighted by molar-refractivity contribution is 6.54. The summed E-state index contributed by atoms with van der Waals surface area (Å²) < 4.78 is 25.6. The zero-order valence-electron chi connectivity index (χ0n) is 20.0. The van der Waals surface area contributed by atoms with Crippen molar-refractivity contribution < 1.29 is 47.7 Å². The lowest BCUT2D eigenvalue weighted by atomic mass is 9.91. The number of esters is 1. The minimum absolute atomic E-state index is 0.0107. The van der Waals surface area contributed by atoms with E-state index in [2.05, 4.69) is 4.74 Å². The lowest BCUT2D eigenvalue weighted by molar-refractivity contribution is 0.0600. The molecule has 37 heavy (non-hydrogen) atoms. The Bertz CT molecular complexity index is 1440. The highest BCUT2D eigenvalue weighted by atomic mass is 16.7. The number of methoxy groups -OCH3 is 3. The molecule has 3 aromatic rings. The van der Waals surface area contributed by atoms with Crippen molar-refractivity contribution in [3.8, 4) is 23.0 Å². The zero-order valence-corrected chi connectivity index (χ0v) is 20.0. The SMILES string of the molecule is COC(=O)c1ccc(C(=O)C(=O)c2cc3c(cc2C(=O)C(=O)c2ccc(OC)c(OC)c2)OCO3)cc1. The van der Waals surface area contributed by atoms with Gasteiger partial charge >= 0.3 is 5.97 Å². The van der Waals surface area contributed by atoms with E-state index in [1.165, 1.54) is 75.9 Å². The fourth-order valence-corrected chi connectivity index (χ4v) is 3.68. The van der Waals surface area contributed by atoms with E-state index in [0.717, 1.165) is 0 Å². The number of fused-ring (bicyclic) bond motifs is 1. The van der Waals surface area contributed by atoms with Gasteiger partial charge in [-0.15, -0.1) is 0 Å². The van der Waals surface area contributed by atoms with E-state index >= 15 is 0 Å². The topological polar surface area (TPSA) is 132 Å². The summed E-state index contributed by atoms with van der Waals surface area (Å²) in [4.78, 5) is 64.3. The van der Waals surface area contributed by atoms with Gasteiger partial charge in [0, 0.05) is 22.3 Å². The smallest absolute Gasteiger partial charge is 0.337 e. The third kappa shape index (κ3) is 4.76. The molecule has 4 rings (SSSR count). The first-order valence-electron chi connectivity index (χ1n) is 10.8. The van der Waals surface area contributed by atoms with Gasteiger partial charge in [0.1, 0.15) is 0 Å². The largest absolute Gasteiger partial charge is 0.493 e. The van der Waals surface area contributed by atoms with Crippen molar-refractivity contribution >= 4 is 29.1 Å². The van der Waals surface area contributed by atoms with E-state index in [0.29, 0.717) is 5.75 Å². The summed E-state index contributed by atoms with van der Waals surface area (Å²) in [7, 11) is 4.02. The molecule has 0 saturated heterocycles. The van der Waals surface area contributed by atoms with Gasteiger partial charge in [0.05, 0.1) is 26.9 Å². The molecular formula is C27H20O10. The lowest BCUT2D eigenvalue weighted by Crippen LogP contribution is -2.22. The molecule has 1 heterocycles. The minimum Gasteiger partial charge on any atom is -0.493 e. The third-order valence-electron chi connectivity index (χ3n) is 5.63. The van der Waals surface area contributed by atoms with Crippen molar-refractivity contribution in [2.75, 3.05) is 28.1 Å². The van der Waals surface area contributed by atoms with Gasteiger partial charge in [-0.1, -0.05) is 12.1 Å². The number of ether oxygens (including phenoxy) is 5. The number of rotatable bonds is 9. The number of benzene rings is 3. The first kappa shape index (κ1) is 25.1. The van der Waals surface area contributed by atoms with Crippen LogP contribution in [0.25, 0.3) is 0 Å². The number of hydrogen-bond donors (Lipinski definition) is 0. The highest BCUT2D eigenvalue weighted by Crippen LogP contribution is 2.36. The van der Waals surface area contributed by atoms with Crippen LogP contribution in [0, 0.1) is 0 Å². The summed E-state index contributed by atoms with van der Waals surface area (Å²) in [6.07, 6.45) is 0. The van der Waals surface area contributed by atoms with Crippen molar-refractivity contribution in [2.24, 2.45) is 0 Å². The van der Waals surface area contributed by atoms with Crippen LogP contribution in [0.2, 0.25) is 0 Å². The predicted molar refractivity (Wildman–Crippen MR) is 127 cm³/mol. The minimum atomic E-state index is -1.05. The van der Waals surface area contributed by atoms with Crippen LogP contribution in [0.5, 0.6) is 23.0 Å². The van der Waals surface area contributed by atoms with Gasteiger partial charge in [0.15, 0.2) is 23.0 Å². The molecule has 0 N–H and O–H groups in total. The summed E-state index contributed by atoms with van der Waals surface area (Å²) in [5, 5.41) is 0. The Balaban J connectivity index is 1.71. The maximum absolute atomic E-state index is 13.3. The number of ketones is 4. The summed E-state index contributed by atoms with van der Waals surface area (Å²) in [6, 6.07) is 11.8. The maximum Gasteiger partial charge on any atom is 0.337 e. The van der Waals surface area contributed by atoms with Gasteiger partial charge < -0.3 is 23.7 Å². The Morgan fingerprint density at radius 3 is 1.59 bits per heavy atom. The van der Waals surface area contributed by atoms with Crippen molar-refractivity contribution in [1.82, 2.24) is 0 Å². The van der Waals surface area contributed by atoms with E-state index in [9.17, 15) is 24.0 Å². The Morgan fingerprint density at radius 1 is 0.595 bits per heavy atom. The second-order valence-corrected chi connectivity index (χ2v) is 7.71. The van der Waals surface area contributed by atoms with Gasteiger partial charge in [-0.05, 0) is 42.5 Å². The van der Waals surface area contributed by atoms with Crippen LogP contribution >= 0.6 is 0 Å². The van der Waals surface area contributed by atoms with Crippen molar-refractivity contribution in [2.45, 2.75) is 0 Å². The van der Waals surface area contributed by atoms with E-state index in [4.69, 9.17) is 18.9 Å². The maximum atomic E-state index is 13.3. The van der Waals surface area contributed by atoms with Crippen molar-refractivity contribution in [1.29, 1.82) is 0 Å². The molecular weight excluding hydrogens is 484 g/mol. The molecule has 0 amide bonds. The molecule has 10 nitrogen and oxygen atoms in total. The predicted octanol–water partition coefficient (Wildman–Crippen LogP) is 3.35. The second kappa shape index (κ2) is 10.3. The second-order valence-electron chi connectivity index (χ2n) is 7.71. The first-order valence-corrected chi connectivity index (χ1v) is 10.8. The van der Waals surface area contributed by atoms with E-state index < -0.39 is 29.1 Å². The summed E-state index contributed by atoms with van der Waals surface area (Å²) in [6.45, 7) is -0.160. The molecule has 188 valence electrons. The van der Waals surface area contributed by atoms with Gasteiger partial charge in [0.2, 0.25) is 29.9 Å². The monoisotopic (exact) mass is 504 g/mol. The van der Waals surface area contributed by atoms with Crippen LogP contribution in [-0.2, 0) is 4.74 Å². The van der Waals surface area contributed by atoms with E-state index in [1.54, 1.807) is 0 Å². The molecule has 0 spiro atoms. The molecule has 0 atom stereocenters. The Morgan fingerprint density at radius 2 is 1.08 bits per heavy atom. The quantitative estimate of drug-likeness (QED) is 0.243. The summed E-state index contributed by atoms with van der Waals surface area (Å²) in [5.41, 5.74) is -0.506. The van der Waals surface area contributed by atoms with Gasteiger partial charge in [-0.2, -0.15) is 0 Å². The first-order chi connectivity index (χ1) is 17.8. The van der Waals surface area contributed by atoms with Crippen LogP contribution in [0.1, 0.15) is 51.8 Å². The standard InChI is InChI=1S/C27H20O10/c1-33-19-9-8-16(10-20(19)34-2)24(29)26(31)18-12-22-21(36-13-37-22)11-17(18)25(30)23(28)14-4-6-15(7-5-14)27(32)35-3/h4-12H,13H2,1-3H3. The summed E-state index contributed by atoms with van der Waals surface area (Å²) >= 11 is 0. The van der Waals surface area contributed by atoms with Gasteiger partial charge in [-0.3, -0.25) is 19.2 Å². The van der Waals surface area contributed by atoms with Crippen molar-refractivity contribution in [3.05, 3.63) is 82.4 Å². The zero-order chi connectivity index (χ0) is 26.7. The fourth-order valence-electron chi connectivity index (χ4n) is 3.68. The molecule has 3 aromatic carbocycles. The summed E-state index contributed by atoms with van der Waals surface area (Å²) in [5.74, 6) is -3.71. The number of hydrogen-bond acceptors (Lipinski definition) is 10. The molecule has 0 saturated carbocycles. The molecule has 10 heteroatoms. The Hall–Kier alpha value is -4.99. The van der Waals surface area contributed by atoms with E-state index in [-0.39, 0.29) is 51.9 Å². The fraction of sp³-hybridized carbons (Fsp3) is 0.148. The number of carbonyl (C=O) groups excluding carboxylic acids is 5. The van der Waals surface area contributed by atoms with Crippen LogP contribution in [0.15, 0.2) is 54.6 Å². The molecule has 0 unspecified atom stereocenters. The molecule has 0 bridgehead atoms. The molecule has 0 radical (unpaired) electrons. The molecule has 0 aromatic heterocycles. The molecule has 0 fully saturated rings. The van der Waals surface area contributed by atoms with Crippen LogP contribution < -0.4 is 18.9 Å². The Labute approximate surface area is 210 Å². The van der Waals surface area contributed by atoms with Crippen LogP contribution in [-0.4, -0.2) is 57.2 Å². The number of Topliss-reactive ketones (excluding diaryl/α,β-unsaturated/α-hetero) is 4.